The number of nitrogens with zero attached hydrogens (tertiary/aromatic N) is 1. The summed E-state index contributed by atoms with van der Waals surface area (Å²) in [6, 6.07) is 8.35. The van der Waals surface area contributed by atoms with E-state index in [4.69, 9.17) is 11.6 Å². The van der Waals surface area contributed by atoms with Crippen molar-refractivity contribution >= 4 is 22.9 Å². The highest BCUT2D eigenvalue weighted by Gasteiger charge is 2.13. The lowest BCUT2D eigenvalue weighted by Crippen LogP contribution is -2.24. The molecule has 0 saturated heterocycles. The van der Waals surface area contributed by atoms with Crippen molar-refractivity contribution in [3.8, 4) is 0 Å². The minimum atomic E-state index is 0.278. The number of hydrogen-bond donors (Lipinski definition) is 1. The molecule has 0 spiro atoms. The normalized spacial score (nSPS) is 12.6. The molecule has 102 valence electrons. The molecule has 4 heteroatoms. The quantitative estimate of drug-likeness (QED) is 0.855. The number of thiazole rings is 1. The molecule has 1 aromatic heterocycles. The molecule has 2 rings (SSSR count). The number of rotatable bonds is 6. The Bertz CT molecular complexity index is 524. The number of hydrogen-bond acceptors (Lipinski definition) is 3. The minimum absolute atomic E-state index is 0.278. The van der Waals surface area contributed by atoms with Gasteiger partial charge in [0.2, 0.25) is 0 Å². The summed E-state index contributed by atoms with van der Waals surface area (Å²) in [6.45, 7) is 5.22. The van der Waals surface area contributed by atoms with Gasteiger partial charge < -0.3 is 5.32 Å². The lowest BCUT2D eigenvalue weighted by atomic mass is 10.0. The molecular formula is C15H19ClN2S. The van der Waals surface area contributed by atoms with Crippen LogP contribution in [0.5, 0.6) is 0 Å². The second kappa shape index (κ2) is 7.04. The number of aromatic nitrogens is 1. The Hall–Kier alpha value is -0.900. The van der Waals surface area contributed by atoms with E-state index in [9.17, 15) is 0 Å². The summed E-state index contributed by atoms with van der Waals surface area (Å²) in [5, 5.41) is 7.62. The molecule has 0 aliphatic rings. The zero-order chi connectivity index (χ0) is 13.7. The summed E-state index contributed by atoms with van der Waals surface area (Å²) in [4.78, 5) is 4.55. The summed E-state index contributed by atoms with van der Waals surface area (Å²) < 4.78 is 0. The van der Waals surface area contributed by atoms with Gasteiger partial charge in [-0.05, 0) is 37.6 Å². The van der Waals surface area contributed by atoms with E-state index in [-0.39, 0.29) is 6.04 Å². The fourth-order valence-electron chi connectivity index (χ4n) is 2.06. The molecule has 2 nitrogen and oxygen atoms in total. The molecule has 0 saturated carbocycles. The smallest absolute Gasteiger partial charge is 0.0897 e. The van der Waals surface area contributed by atoms with E-state index in [1.165, 1.54) is 5.56 Å². The first kappa shape index (κ1) is 14.5. The van der Waals surface area contributed by atoms with Gasteiger partial charge in [0.05, 0.1) is 10.7 Å². The minimum Gasteiger partial charge on any atom is -0.310 e. The van der Waals surface area contributed by atoms with Crippen LogP contribution < -0.4 is 5.32 Å². The Balaban J connectivity index is 2.15. The van der Waals surface area contributed by atoms with E-state index in [1.54, 1.807) is 11.3 Å². The molecule has 2 aromatic rings. The molecule has 0 radical (unpaired) electrons. The summed E-state index contributed by atoms with van der Waals surface area (Å²) >= 11 is 7.79. The Morgan fingerprint density at radius 3 is 2.89 bits per heavy atom. The van der Waals surface area contributed by atoms with Gasteiger partial charge in [-0.2, -0.15) is 0 Å². The average molecular weight is 295 g/mol. The fourth-order valence-corrected chi connectivity index (χ4v) is 2.89. The molecule has 0 amide bonds. The summed E-state index contributed by atoms with van der Waals surface area (Å²) in [5.74, 6) is 0. The molecule has 1 unspecified atom stereocenters. The average Bonchev–Trinajstić information content (AvgIpc) is 2.80. The molecule has 1 heterocycles. The van der Waals surface area contributed by atoms with Crippen LogP contribution in [0.15, 0.2) is 29.6 Å². The van der Waals surface area contributed by atoms with Crippen LogP contribution >= 0.6 is 22.9 Å². The van der Waals surface area contributed by atoms with Gasteiger partial charge in [-0.15, -0.1) is 11.3 Å². The van der Waals surface area contributed by atoms with Crippen LogP contribution in [0.2, 0.25) is 5.02 Å². The summed E-state index contributed by atoms with van der Waals surface area (Å²) in [7, 11) is 0. The second-order valence-corrected chi connectivity index (χ2v) is 6.12. The van der Waals surface area contributed by atoms with Crippen molar-refractivity contribution in [1.29, 1.82) is 0 Å². The Morgan fingerprint density at radius 1 is 1.42 bits per heavy atom. The molecule has 0 bridgehead atoms. The number of nitrogens with one attached hydrogen (secondary N) is 1. The van der Waals surface area contributed by atoms with Crippen LogP contribution in [0, 0.1) is 6.92 Å². The van der Waals surface area contributed by atoms with Gasteiger partial charge in [-0.1, -0.05) is 30.7 Å². The van der Waals surface area contributed by atoms with Crippen LogP contribution in [0.4, 0.5) is 0 Å². The van der Waals surface area contributed by atoms with Gasteiger partial charge in [-0.3, -0.25) is 0 Å². The van der Waals surface area contributed by atoms with Crippen molar-refractivity contribution in [3.63, 3.8) is 0 Å². The van der Waals surface area contributed by atoms with Crippen molar-refractivity contribution in [2.24, 2.45) is 0 Å². The van der Waals surface area contributed by atoms with Crippen molar-refractivity contribution in [1.82, 2.24) is 10.3 Å². The van der Waals surface area contributed by atoms with Crippen molar-refractivity contribution < 1.29 is 0 Å². The Kier molecular flexibility index (Phi) is 5.37. The molecule has 0 aliphatic heterocycles. The highest BCUT2D eigenvalue weighted by atomic mass is 35.5. The maximum atomic E-state index is 6.09. The van der Waals surface area contributed by atoms with Crippen LogP contribution in [-0.2, 0) is 6.42 Å². The van der Waals surface area contributed by atoms with E-state index in [1.807, 2.05) is 25.1 Å². The largest absolute Gasteiger partial charge is 0.310 e. The van der Waals surface area contributed by atoms with Crippen LogP contribution in [-0.4, -0.2) is 11.5 Å². The maximum absolute atomic E-state index is 6.09. The van der Waals surface area contributed by atoms with E-state index >= 15 is 0 Å². The van der Waals surface area contributed by atoms with Gasteiger partial charge in [0.25, 0.3) is 0 Å². The molecule has 1 aromatic carbocycles. The topological polar surface area (TPSA) is 24.9 Å². The van der Waals surface area contributed by atoms with Gasteiger partial charge in [0, 0.05) is 22.9 Å². The maximum Gasteiger partial charge on any atom is 0.0897 e. The van der Waals surface area contributed by atoms with Crippen molar-refractivity contribution in [2.75, 3.05) is 6.54 Å². The molecule has 1 N–H and O–H groups in total. The first-order valence-corrected chi connectivity index (χ1v) is 7.84. The standard InChI is InChI=1S/C15H19ClN2S/c1-3-7-17-15(9-14-10-19-11(2)18-14)12-5-4-6-13(16)8-12/h4-6,8,10,15,17H,3,7,9H2,1-2H3. The third-order valence-corrected chi connectivity index (χ3v) is 4.03. The second-order valence-electron chi connectivity index (χ2n) is 4.62. The number of benzene rings is 1. The Labute approximate surface area is 123 Å². The summed E-state index contributed by atoms with van der Waals surface area (Å²) in [6.07, 6.45) is 2.03. The first-order chi connectivity index (χ1) is 9.19. The van der Waals surface area contributed by atoms with Crippen molar-refractivity contribution in [3.05, 3.63) is 50.9 Å². The lowest BCUT2D eigenvalue weighted by Gasteiger charge is -2.18. The Morgan fingerprint density at radius 2 is 2.26 bits per heavy atom. The molecule has 0 aliphatic carbocycles. The highest BCUT2D eigenvalue weighted by Crippen LogP contribution is 2.22. The number of aryl methyl sites for hydroxylation is 1. The predicted octanol–water partition coefficient (Wildman–Crippen LogP) is 4.39. The predicted molar refractivity (Wildman–Crippen MR) is 83.0 cm³/mol. The van der Waals surface area contributed by atoms with Gasteiger partial charge in [-0.25, -0.2) is 4.98 Å². The molecule has 19 heavy (non-hydrogen) atoms. The van der Waals surface area contributed by atoms with Gasteiger partial charge in [0.1, 0.15) is 0 Å². The molecule has 1 atom stereocenters. The summed E-state index contributed by atoms with van der Waals surface area (Å²) in [5.41, 5.74) is 2.38. The third-order valence-electron chi connectivity index (χ3n) is 2.97. The number of halogens is 1. The van der Waals surface area contributed by atoms with E-state index in [0.717, 1.165) is 35.1 Å². The van der Waals surface area contributed by atoms with Gasteiger partial charge >= 0.3 is 0 Å². The van der Waals surface area contributed by atoms with Crippen LogP contribution in [0.3, 0.4) is 0 Å². The van der Waals surface area contributed by atoms with Crippen LogP contribution in [0.1, 0.15) is 35.7 Å². The monoisotopic (exact) mass is 294 g/mol. The van der Waals surface area contributed by atoms with E-state index in [2.05, 4.69) is 28.7 Å². The fraction of sp³-hybridized carbons (Fsp3) is 0.400. The van der Waals surface area contributed by atoms with E-state index < -0.39 is 0 Å². The van der Waals surface area contributed by atoms with Gasteiger partial charge in [0.15, 0.2) is 0 Å². The third kappa shape index (κ3) is 4.30. The zero-order valence-corrected chi connectivity index (χ0v) is 12.9. The zero-order valence-electron chi connectivity index (χ0n) is 11.3. The molecule has 0 fully saturated rings. The SMILES string of the molecule is CCCNC(Cc1csc(C)n1)c1cccc(Cl)c1. The van der Waals surface area contributed by atoms with Crippen molar-refractivity contribution in [2.45, 2.75) is 32.7 Å². The van der Waals surface area contributed by atoms with Crippen LogP contribution in [0.25, 0.3) is 0 Å². The first-order valence-electron chi connectivity index (χ1n) is 6.59. The lowest BCUT2D eigenvalue weighted by molar-refractivity contribution is 0.525. The van der Waals surface area contributed by atoms with E-state index in [0.29, 0.717) is 0 Å². The highest BCUT2D eigenvalue weighted by molar-refractivity contribution is 7.09. The molecular weight excluding hydrogens is 276 g/mol.